The lowest BCUT2D eigenvalue weighted by atomic mass is 9.94. The van der Waals surface area contributed by atoms with Crippen LogP contribution in [0.5, 0.6) is 5.75 Å². The molecular weight excluding hydrogens is 264 g/mol. The average molecular weight is 286 g/mol. The van der Waals surface area contributed by atoms with Crippen LogP contribution in [0.2, 0.25) is 0 Å². The zero-order valence-electron chi connectivity index (χ0n) is 12.3. The molecule has 112 valence electrons. The topological polar surface area (TPSA) is 49.7 Å². The average Bonchev–Trinajstić information content (AvgIpc) is 2.49. The minimum absolute atomic E-state index is 0.179. The highest BCUT2D eigenvalue weighted by Gasteiger charge is 2.26. The summed E-state index contributed by atoms with van der Waals surface area (Å²) in [4.78, 5) is 0. The van der Waals surface area contributed by atoms with E-state index in [0.29, 0.717) is 5.75 Å². The number of hydrogen-bond acceptors (Lipinski definition) is 3. The Morgan fingerprint density at radius 2 is 1.86 bits per heavy atom. The molecule has 21 heavy (non-hydrogen) atoms. The molecule has 3 nitrogen and oxygen atoms in total. The van der Waals surface area contributed by atoms with Gasteiger partial charge in [0.1, 0.15) is 11.9 Å². The van der Waals surface area contributed by atoms with E-state index < -0.39 is 12.2 Å². The molecule has 1 aliphatic rings. The first kappa shape index (κ1) is 14.4. The summed E-state index contributed by atoms with van der Waals surface area (Å²) in [5, 5.41) is 22.2. The van der Waals surface area contributed by atoms with E-state index in [9.17, 15) is 10.2 Å². The first-order valence-electron chi connectivity index (χ1n) is 7.71. The van der Waals surface area contributed by atoms with Crippen molar-refractivity contribution < 1.29 is 14.9 Å². The van der Waals surface area contributed by atoms with Crippen molar-refractivity contribution >= 4 is 10.8 Å². The Balaban J connectivity index is 2.03. The number of hydrogen-bond donors (Lipinski definition) is 2. The van der Waals surface area contributed by atoms with Crippen molar-refractivity contribution in [1.82, 2.24) is 0 Å². The molecule has 2 unspecified atom stereocenters. The van der Waals surface area contributed by atoms with E-state index in [1.165, 1.54) is 0 Å². The second-order valence-corrected chi connectivity index (χ2v) is 5.89. The van der Waals surface area contributed by atoms with Crippen LogP contribution in [0, 0.1) is 0 Å². The third-order valence-corrected chi connectivity index (χ3v) is 4.30. The Kier molecular flexibility index (Phi) is 4.13. The predicted molar refractivity (Wildman–Crippen MR) is 83.5 cm³/mol. The van der Waals surface area contributed by atoms with Gasteiger partial charge in [0.25, 0.3) is 0 Å². The van der Waals surface area contributed by atoms with Crippen LogP contribution in [0.15, 0.2) is 36.4 Å². The first-order valence-corrected chi connectivity index (χ1v) is 7.71. The highest BCUT2D eigenvalue weighted by molar-refractivity contribution is 5.89. The second-order valence-electron chi connectivity index (χ2n) is 5.89. The molecule has 0 aliphatic heterocycles. The van der Waals surface area contributed by atoms with Gasteiger partial charge in [-0.3, -0.25) is 0 Å². The number of benzene rings is 2. The summed E-state index contributed by atoms with van der Waals surface area (Å²) in [5.41, 5.74) is 0.784. The summed E-state index contributed by atoms with van der Waals surface area (Å²) in [6, 6.07) is 11.9. The van der Waals surface area contributed by atoms with Crippen molar-refractivity contribution in [3.63, 3.8) is 0 Å². The van der Waals surface area contributed by atoms with Crippen molar-refractivity contribution in [2.75, 3.05) is 0 Å². The van der Waals surface area contributed by atoms with Crippen LogP contribution in [-0.4, -0.2) is 22.4 Å². The molecule has 0 spiro atoms. The lowest BCUT2D eigenvalue weighted by Gasteiger charge is -2.30. The minimum atomic E-state index is -0.592. The lowest BCUT2D eigenvalue weighted by molar-refractivity contribution is 0.00614. The Morgan fingerprint density at radius 1 is 1.10 bits per heavy atom. The molecule has 0 bridgehead atoms. The number of aliphatic hydroxyl groups excluding tert-OH is 2. The highest BCUT2D eigenvalue weighted by Crippen LogP contribution is 2.36. The smallest absolute Gasteiger partial charge is 0.133 e. The van der Waals surface area contributed by atoms with Crippen molar-refractivity contribution in [2.45, 2.75) is 50.9 Å². The van der Waals surface area contributed by atoms with Crippen LogP contribution in [0.25, 0.3) is 10.8 Å². The Hall–Kier alpha value is -1.58. The molecule has 2 N–H and O–H groups in total. The van der Waals surface area contributed by atoms with Gasteiger partial charge in [-0.2, -0.15) is 0 Å². The van der Waals surface area contributed by atoms with E-state index >= 15 is 0 Å². The van der Waals surface area contributed by atoms with Crippen LogP contribution in [0.1, 0.15) is 44.3 Å². The van der Waals surface area contributed by atoms with Crippen molar-refractivity contribution in [3.05, 3.63) is 42.0 Å². The van der Waals surface area contributed by atoms with Gasteiger partial charge < -0.3 is 14.9 Å². The third-order valence-electron chi connectivity index (χ3n) is 4.30. The van der Waals surface area contributed by atoms with Crippen molar-refractivity contribution in [2.24, 2.45) is 0 Å². The first-order chi connectivity index (χ1) is 10.2. The van der Waals surface area contributed by atoms with Gasteiger partial charge in [0.15, 0.2) is 0 Å². The molecule has 2 aromatic carbocycles. The molecule has 3 atom stereocenters. The van der Waals surface area contributed by atoms with Gasteiger partial charge in [-0.25, -0.2) is 0 Å². The summed E-state index contributed by atoms with van der Waals surface area (Å²) in [7, 11) is 0. The number of fused-ring (bicyclic) bond motifs is 1. The molecule has 3 heteroatoms. The standard InChI is InChI=1S/C18H22O3/c1-12(19)14-11-10-13-6-2-3-7-15(13)18(14)21-17-9-5-4-8-16(17)20/h2-3,6-7,10-12,16-17,19-20H,4-5,8-9H2,1H3/t12-,16?,17?/m0/s1. The summed E-state index contributed by atoms with van der Waals surface area (Å²) in [6.07, 6.45) is 2.60. The molecular formula is C18H22O3. The van der Waals surface area contributed by atoms with E-state index in [2.05, 4.69) is 0 Å². The maximum atomic E-state index is 10.1. The van der Waals surface area contributed by atoms with Gasteiger partial charge in [0, 0.05) is 10.9 Å². The minimum Gasteiger partial charge on any atom is -0.487 e. The molecule has 1 saturated carbocycles. The normalized spacial score (nSPS) is 24.0. The predicted octanol–water partition coefficient (Wildman–Crippen LogP) is 3.58. The van der Waals surface area contributed by atoms with E-state index in [1.54, 1.807) is 6.92 Å². The molecule has 3 rings (SSSR count). The fourth-order valence-corrected chi connectivity index (χ4v) is 3.09. The van der Waals surface area contributed by atoms with Crippen LogP contribution in [0.3, 0.4) is 0 Å². The largest absolute Gasteiger partial charge is 0.487 e. The molecule has 2 aromatic rings. The molecule has 1 fully saturated rings. The Bertz CT molecular complexity index is 621. The van der Waals surface area contributed by atoms with Gasteiger partial charge >= 0.3 is 0 Å². The second kappa shape index (κ2) is 6.04. The Labute approximate surface area is 125 Å². The van der Waals surface area contributed by atoms with E-state index in [1.807, 2.05) is 36.4 Å². The van der Waals surface area contributed by atoms with Crippen molar-refractivity contribution in [1.29, 1.82) is 0 Å². The fourth-order valence-electron chi connectivity index (χ4n) is 3.09. The molecule has 1 aliphatic carbocycles. The maximum absolute atomic E-state index is 10.1. The maximum Gasteiger partial charge on any atom is 0.133 e. The third kappa shape index (κ3) is 2.89. The molecule has 0 radical (unpaired) electrons. The van der Waals surface area contributed by atoms with Gasteiger partial charge in [-0.15, -0.1) is 0 Å². The monoisotopic (exact) mass is 286 g/mol. The van der Waals surface area contributed by atoms with Crippen LogP contribution in [-0.2, 0) is 0 Å². The molecule has 0 amide bonds. The number of aliphatic hydroxyl groups is 2. The molecule has 0 saturated heterocycles. The zero-order valence-corrected chi connectivity index (χ0v) is 12.3. The molecule has 0 heterocycles. The van der Waals surface area contributed by atoms with Crippen LogP contribution >= 0.6 is 0 Å². The highest BCUT2D eigenvalue weighted by atomic mass is 16.5. The van der Waals surface area contributed by atoms with Gasteiger partial charge in [-0.1, -0.05) is 42.8 Å². The fraction of sp³-hybridized carbons (Fsp3) is 0.444. The Morgan fingerprint density at radius 3 is 2.62 bits per heavy atom. The number of rotatable bonds is 3. The van der Waals surface area contributed by atoms with Gasteiger partial charge in [0.05, 0.1) is 12.2 Å². The SMILES string of the molecule is C[C@H](O)c1ccc2ccccc2c1OC1CCCCC1O. The van der Waals surface area contributed by atoms with Crippen LogP contribution < -0.4 is 4.74 Å². The van der Waals surface area contributed by atoms with Crippen molar-refractivity contribution in [3.8, 4) is 5.75 Å². The molecule has 0 aromatic heterocycles. The quantitative estimate of drug-likeness (QED) is 0.906. The van der Waals surface area contributed by atoms with Gasteiger partial charge in [0.2, 0.25) is 0 Å². The summed E-state index contributed by atoms with van der Waals surface area (Å²) in [5.74, 6) is 0.717. The number of ether oxygens (including phenoxy) is 1. The summed E-state index contributed by atoms with van der Waals surface area (Å²) < 4.78 is 6.16. The van der Waals surface area contributed by atoms with Gasteiger partial charge in [-0.05, 0) is 31.6 Å². The summed E-state index contributed by atoms with van der Waals surface area (Å²) >= 11 is 0. The van der Waals surface area contributed by atoms with E-state index in [0.717, 1.165) is 42.0 Å². The van der Waals surface area contributed by atoms with Crippen LogP contribution in [0.4, 0.5) is 0 Å². The lowest BCUT2D eigenvalue weighted by Crippen LogP contribution is -2.35. The van der Waals surface area contributed by atoms with E-state index in [-0.39, 0.29) is 6.10 Å². The zero-order chi connectivity index (χ0) is 14.8. The van der Waals surface area contributed by atoms with E-state index in [4.69, 9.17) is 4.74 Å². The summed E-state index contributed by atoms with van der Waals surface area (Å²) in [6.45, 7) is 1.74.